The number of hydrogen-bond acceptors (Lipinski definition) is 4. The lowest BCUT2D eigenvalue weighted by atomic mass is 10.1. The van der Waals surface area contributed by atoms with E-state index in [9.17, 15) is 0 Å². The summed E-state index contributed by atoms with van der Waals surface area (Å²) in [5, 5.41) is 6.58. The molecule has 0 aliphatic heterocycles. The zero-order valence-corrected chi connectivity index (χ0v) is 10.4. The first-order chi connectivity index (χ1) is 8.29. The molecule has 0 atom stereocenters. The molecule has 0 bridgehead atoms. The van der Waals surface area contributed by atoms with Crippen molar-refractivity contribution in [3.63, 3.8) is 0 Å². The van der Waals surface area contributed by atoms with E-state index in [1.807, 2.05) is 18.2 Å². The molecule has 0 spiro atoms. The van der Waals surface area contributed by atoms with Gasteiger partial charge in [0.25, 0.3) is 4.84 Å². The van der Waals surface area contributed by atoms with Crippen molar-refractivity contribution in [2.24, 2.45) is 0 Å². The molecule has 0 saturated heterocycles. The summed E-state index contributed by atoms with van der Waals surface area (Å²) < 4.78 is 10.5. The van der Waals surface area contributed by atoms with Gasteiger partial charge in [-0.1, -0.05) is 18.2 Å². The van der Waals surface area contributed by atoms with Crippen LogP contribution in [-0.2, 0) is 12.8 Å². The topological polar surface area (TPSA) is 51.0 Å². The highest BCUT2D eigenvalue weighted by atomic mass is 32.1. The van der Waals surface area contributed by atoms with Crippen molar-refractivity contribution in [2.75, 3.05) is 7.11 Å². The number of rotatable bonds is 5. The number of aryl methyl sites for hydroxylation is 2. The minimum Gasteiger partial charge on any atom is -0.496 e. The van der Waals surface area contributed by atoms with Crippen LogP contribution >= 0.6 is 12.2 Å². The predicted octanol–water partition coefficient (Wildman–Crippen LogP) is 2.92. The summed E-state index contributed by atoms with van der Waals surface area (Å²) in [4.78, 5) is 0.331. The first kappa shape index (κ1) is 11.9. The highest BCUT2D eigenvalue weighted by Gasteiger charge is 2.03. The van der Waals surface area contributed by atoms with Gasteiger partial charge in [-0.25, -0.2) is 5.10 Å². The number of aromatic amines is 1. The van der Waals surface area contributed by atoms with Crippen LogP contribution in [0.15, 0.2) is 28.7 Å². The number of nitrogens with zero attached hydrogens (tertiary/aromatic N) is 1. The number of H-pyrrole nitrogens is 1. The minimum atomic E-state index is 0.331. The number of methoxy groups -OCH3 is 1. The maximum absolute atomic E-state index is 5.29. The molecular formula is C12H14N2O2S. The van der Waals surface area contributed by atoms with E-state index in [-0.39, 0.29) is 0 Å². The fourth-order valence-electron chi connectivity index (χ4n) is 1.71. The molecule has 1 aromatic heterocycles. The fraction of sp³-hybridized carbons (Fsp3) is 0.333. The smallest absolute Gasteiger partial charge is 0.284 e. The van der Waals surface area contributed by atoms with Gasteiger partial charge in [0.05, 0.1) is 7.11 Å². The van der Waals surface area contributed by atoms with Gasteiger partial charge >= 0.3 is 0 Å². The maximum atomic E-state index is 5.29. The Balaban J connectivity index is 1.91. The molecule has 0 amide bonds. The van der Waals surface area contributed by atoms with Crippen LogP contribution < -0.4 is 4.74 Å². The van der Waals surface area contributed by atoms with E-state index in [2.05, 4.69) is 16.3 Å². The average molecular weight is 250 g/mol. The standard InChI is InChI=1S/C12H14N2O2S/c1-15-10-7-3-2-5-9(10)6-4-8-11-13-14-12(17)16-11/h2-3,5,7H,4,6,8H2,1H3,(H,14,17). The number of benzene rings is 1. The molecule has 0 unspecified atom stereocenters. The number of hydrogen-bond donors (Lipinski definition) is 1. The molecule has 0 aliphatic carbocycles. The molecule has 5 heteroatoms. The summed E-state index contributed by atoms with van der Waals surface area (Å²) in [5.41, 5.74) is 1.20. The van der Waals surface area contributed by atoms with Gasteiger partial charge in [0.1, 0.15) is 5.75 Å². The van der Waals surface area contributed by atoms with E-state index in [0.717, 1.165) is 25.0 Å². The van der Waals surface area contributed by atoms with Crippen molar-refractivity contribution < 1.29 is 9.15 Å². The summed E-state index contributed by atoms with van der Waals surface area (Å²) in [5.74, 6) is 1.58. The third-order valence-corrected chi connectivity index (χ3v) is 2.69. The van der Waals surface area contributed by atoms with Gasteiger partial charge in [0, 0.05) is 6.42 Å². The van der Waals surface area contributed by atoms with Crippen LogP contribution in [0.3, 0.4) is 0 Å². The van der Waals surface area contributed by atoms with E-state index in [0.29, 0.717) is 10.7 Å². The van der Waals surface area contributed by atoms with Crippen molar-refractivity contribution in [2.45, 2.75) is 19.3 Å². The van der Waals surface area contributed by atoms with Crippen LogP contribution in [0, 0.1) is 4.84 Å². The lowest BCUT2D eigenvalue weighted by molar-refractivity contribution is 0.408. The molecular weight excluding hydrogens is 236 g/mol. The third kappa shape index (κ3) is 3.17. The first-order valence-electron chi connectivity index (χ1n) is 5.46. The van der Waals surface area contributed by atoms with Gasteiger partial charge in [-0.15, -0.1) is 5.10 Å². The van der Waals surface area contributed by atoms with Gasteiger partial charge in [0.15, 0.2) is 0 Å². The molecule has 1 aromatic carbocycles. The number of aromatic nitrogens is 2. The van der Waals surface area contributed by atoms with Gasteiger partial charge < -0.3 is 9.15 Å². The molecule has 0 fully saturated rings. The molecule has 0 saturated carbocycles. The van der Waals surface area contributed by atoms with Crippen molar-refractivity contribution in [3.8, 4) is 5.75 Å². The summed E-state index contributed by atoms with van der Waals surface area (Å²) in [6.07, 6.45) is 2.65. The Morgan fingerprint density at radius 2 is 2.18 bits per heavy atom. The second kappa shape index (κ2) is 5.63. The summed E-state index contributed by atoms with van der Waals surface area (Å²) in [6, 6.07) is 8.02. The van der Waals surface area contributed by atoms with Crippen LogP contribution in [0.25, 0.3) is 0 Å². The largest absolute Gasteiger partial charge is 0.496 e. The molecule has 90 valence electrons. The molecule has 0 aliphatic rings. The van der Waals surface area contributed by atoms with Crippen LogP contribution in [-0.4, -0.2) is 17.3 Å². The van der Waals surface area contributed by atoms with Crippen LogP contribution in [0.4, 0.5) is 0 Å². The lowest BCUT2D eigenvalue weighted by Crippen LogP contribution is -1.94. The summed E-state index contributed by atoms with van der Waals surface area (Å²) in [6.45, 7) is 0. The van der Waals surface area contributed by atoms with Crippen molar-refractivity contribution in [3.05, 3.63) is 40.6 Å². The number of para-hydroxylation sites is 1. The Labute approximate surface area is 105 Å². The van der Waals surface area contributed by atoms with Crippen LogP contribution in [0.1, 0.15) is 17.9 Å². The lowest BCUT2D eigenvalue weighted by Gasteiger charge is -2.06. The fourth-order valence-corrected chi connectivity index (χ4v) is 1.85. The Kier molecular flexibility index (Phi) is 3.93. The van der Waals surface area contributed by atoms with Crippen LogP contribution in [0.5, 0.6) is 5.75 Å². The van der Waals surface area contributed by atoms with E-state index in [4.69, 9.17) is 21.4 Å². The van der Waals surface area contributed by atoms with E-state index in [1.165, 1.54) is 5.56 Å². The summed E-state index contributed by atoms with van der Waals surface area (Å²) >= 11 is 4.81. The SMILES string of the molecule is COc1ccccc1CCCc1n[nH]c(=S)o1. The third-order valence-electron chi connectivity index (χ3n) is 2.51. The van der Waals surface area contributed by atoms with Crippen LogP contribution in [0.2, 0.25) is 0 Å². The van der Waals surface area contributed by atoms with E-state index < -0.39 is 0 Å². The highest BCUT2D eigenvalue weighted by molar-refractivity contribution is 7.71. The quantitative estimate of drug-likeness (QED) is 0.829. The van der Waals surface area contributed by atoms with Crippen molar-refractivity contribution in [1.29, 1.82) is 0 Å². The van der Waals surface area contributed by atoms with Gasteiger partial charge in [0.2, 0.25) is 5.89 Å². The molecule has 2 aromatic rings. The second-order valence-corrected chi connectivity index (χ2v) is 4.04. The Morgan fingerprint density at radius 3 is 2.88 bits per heavy atom. The maximum Gasteiger partial charge on any atom is 0.284 e. The Morgan fingerprint density at radius 1 is 1.35 bits per heavy atom. The van der Waals surface area contributed by atoms with Gasteiger partial charge in [-0.3, -0.25) is 0 Å². The Hall–Kier alpha value is -1.62. The normalized spacial score (nSPS) is 10.4. The van der Waals surface area contributed by atoms with Crippen molar-refractivity contribution >= 4 is 12.2 Å². The number of nitrogens with one attached hydrogen (secondary N) is 1. The first-order valence-corrected chi connectivity index (χ1v) is 5.86. The average Bonchev–Trinajstić information content (AvgIpc) is 2.76. The minimum absolute atomic E-state index is 0.331. The number of ether oxygens (including phenoxy) is 1. The van der Waals surface area contributed by atoms with Crippen molar-refractivity contribution in [1.82, 2.24) is 10.2 Å². The zero-order valence-electron chi connectivity index (χ0n) is 9.60. The molecule has 4 nitrogen and oxygen atoms in total. The second-order valence-electron chi connectivity index (χ2n) is 3.67. The molecule has 1 heterocycles. The monoisotopic (exact) mass is 250 g/mol. The van der Waals surface area contributed by atoms with Gasteiger partial charge in [-0.05, 0) is 36.7 Å². The summed E-state index contributed by atoms with van der Waals surface area (Å²) in [7, 11) is 1.69. The zero-order chi connectivity index (χ0) is 12.1. The Bertz CT molecular complexity index is 533. The van der Waals surface area contributed by atoms with Gasteiger partial charge in [-0.2, -0.15) is 0 Å². The van der Waals surface area contributed by atoms with E-state index in [1.54, 1.807) is 7.11 Å². The molecule has 1 N–H and O–H groups in total. The van der Waals surface area contributed by atoms with E-state index >= 15 is 0 Å². The molecule has 2 rings (SSSR count). The highest BCUT2D eigenvalue weighted by Crippen LogP contribution is 2.19. The predicted molar refractivity (Wildman–Crippen MR) is 66.7 cm³/mol. The molecule has 0 radical (unpaired) electrons. The molecule has 17 heavy (non-hydrogen) atoms.